The maximum absolute atomic E-state index is 11.6. The number of carbonyl (C=O) groups is 1. The fourth-order valence-electron chi connectivity index (χ4n) is 2.04. The maximum atomic E-state index is 11.6. The molecule has 1 fully saturated rings. The zero-order valence-electron chi connectivity index (χ0n) is 9.35. The van der Waals surface area contributed by atoms with E-state index in [0.29, 0.717) is 19.4 Å². The van der Waals surface area contributed by atoms with Gasteiger partial charge in [-0.05, 0) is 18.9 Å². The SMILES string of the molecule is C[C@]1(O)CCOC(=O)[C@H]1Cc1ccccc1. The number of hydrogen-bond donors (Lipinski definition) is 1. The summed E-state index contributed by atoms with van der Waals surface area (Å²) in [5.74, 6) is -0.747. The third-order valence-corrected chi connectivity index (χ3v) is 3.17. The van der Waals surface area contributed by atoms with E-state index >= 15 is 0 Å². The van der Waals surface area contributed by atoms with Crippen molar-refractivity contribution in [2.45, 2.75) is 25.4 Å². The molecule has 1 N–H and O–H groups in total. The molecule has 0 saturated carbocycles. The Labute approximate surface area is 95.0 Å². The number of aliphatic hydroxyl groups is 1. The van der Waals surface area contributed by atoms with Gasteiger partial charge >= 0.3 is 5.97 Å². The Morgan fingerprint density at radius 2 is 2.12 bits per heavy atom. The summed E-state index contributed by atoms with van der Waals surface area (Å²) in [4.78, 5) is 11.6. The Bertz CT molecular complexity index is 370. The molecular formula is C13H16O3. The molecule has 2 rings (SSSR count). The zero-order chi connectivity index (χ0) is 11.6. The van der Waals surface area contributed by atoms with Crippen molar-refractivity contribution in [3.8, 4) is 0 Å². The minimum absolute atomic E-state index is 0.292. The van der Waals surface area contributed by atoms with Crippen molar-refractivity contribution < 1.29 is 14.6 Å². The van der Waals surface area contributed by atoms with Gasteiger partial charge in [0.25, 0.3) is 0 Å². The van der Waals surface area contributed by atoms with Crippen LogP contribution in [0, 0.1) is 5.92 Å². The molecule has 1 saturated heterocycles. The number of rotatable bonds is 2. The first-order chi connectivity index (χ1) is 7.59. The highest BCUT2D eigenvalue weighted by Crippen LogP contribution is 2.29. The van der Waals surface area contributed by atoms with Crippen molar-refractivity contribution in [2.75, 3.05) is 6.61 Å². The highest BCUT2D eigenvalue weighted by molar-refractivity contribution is 5.75. The number of carbonyl (C=O) groups excluding carboxylic acids is 1. The zero-order valence-corrected chi connectivity index (χ0v) is 9.35. The van der Waals surface area contributed by atoms with E-state index < -0.39 is 11.5 Å². The molecule has 86 valence electrons. The quantitative estimate of drug-likeness (QED) is 0.769. The first-order valence-electron chi connectivity index (χ1n) is 5.52. The van der Waals surface area contributed by atoms with Gasteiger partial charge in [-0.25, -0.2) is 0 Å². The van der Waals surface area contributed by atoms with Crippen LogP contribution in [0.25, 0.3) is 0 Å². The molecule has 1 aliphatic heterocycles. The van der Waals surface area contributed by atoms with Gasteiger partial charge < -0.3 is 9.84 Å². The molecule has 0 unspecified atom stereocenters. The molecule has 0 amide bonds. The highest BCUT2D eigenvalue weighted by Gasteiger charge is 2.41. The molecule has 0 aromatic heterocycles. The van der Waals surface area contributed by atoms with E-state index in [0.717, 1.165) is 5.56 Å². The topological polar surface area (TPSA) is 46.5 Å². The normalized spacial score (nSPS) is 29.9. The lowest BCUT2D eigenvalue weighted by Gasteiger charge is -2.35. The van der Waals surface area contributed by atoms with Gasteiger partial charge in [0.05, 0.1) is 18.1 Å². The third kappa shape index (κ3) is 2.25. The van der Waals surface area contributed by atoms with E-state index in [1.165, 1.54) is 0 Å². The molecule has 3 nitrogen and oxygen atoms in total. The Morgan fingerprint density at radius 3 is 2.75 bits per heavy atom. The third-order valence-electron chi connectivity index (χ3n) is 3.17. The molecule has 16 heavy (non-hydrogen) atoms. The number of benzene rings is 1. The molecule has 0 spiro atoms. The molecule has 1 heterocycles. The Hall–Kier alpha value is -1.35. The summed E-state index contributed by atoms with van der Waals surface area (Å²) in [5.41, 5.74) is 0.0946. The summed E-state index contributed by atoms with van der Waals surface area (Å²) in [6.07, 6.45) is 1.04. The van der Waals surface area contributed by atoms with Crippen LogP contribution in [-0.2, 0) is 16.0 Å². The molecule has 0 bridgehead atoms. The fraction of sp³-hybridized carbons (Fsp3) is 0.462. The second-order valence-electron chi connectivity index (χ2n) is 4.52. The Morgan fingerprint density at radius 1 is 1.44 bits per heavy atom. The van der Waals surface area contributed by atoms with Crippen LogP contribution < -0.4 is 0 Å². The van der Waals surface area contributed by atoms with Crippen LogP contribution in [-0.4, -0.2) is 23.3 Å². The average molecular weight is 220 g/mol. The Balaban J connectivity index is 2.15. The number of hydrogen-bond acceptors (Lipinski definition) is 3. The van der Waals surface area contributed by atoms with Gasteiger partial charge in [0.2, 0.25) is 0 Å². The monoisotopic (exact) mass is 220 g/mol. The van der Waals surface area contributed by atoms with E-state index in [9.17, 15) is 9.90 Å². The standard InChI is InChI=1S/C13H16O3/c1-13(15)7-8-16-12(14)11(13)9-10-5-3-2-4-6-10/h2-6,11,15H,7-9H2,1H3/t11-,13+/m1/s1. The highest BCUT2D eigenvalue weighted by atomic mass is 16.5. The smallest absolute Gasteiger partial charge is 0.312 e. The molecule has 1 aliphatic rings. The van der Waals surface area contributed by atoms with Crippen molar-refractivity contribution in [3.63, 3.8) is 0 Å². The van der Waals surface area contributed by atoms with Crippen molar-refractivity contribution in [2.24, 2.45) is 5.92 Å². The lowest BCUT2D eigenvalue weighted by atomic mass is 9.81. The Kier molecular flexibility index (Phi) is 2.97. The second kappa shape index (κ2) is 4.26. The predicted molar refractivity (Wildman–Crippen MR) is 59.8 cm³/mol. The maximum Gasteiger partial charge on any atom is 0.312 e. The van der Waals surface area contributed by atoms with Crippen LogP contribution in [0.3, 0.4) is 0 Å². The van der Waals surface area contributed by atoms with Gasteiger partial charge in [0, 0.05) is 6.42 Å². The predicted octanol–water partition coefficient (Wildman–Crippen LogP) is 1.54. The minimum atomic E-state index is -0.953. The molecular weight excluding hydrogens is 204 g/mol. The summed E-state index contributed by atoms with van der Waals surface area (Å²) in [6.45, 7) is 2.03. The van der Waals surface area contributed by atoms with Crippen LogP contribution in [0.1, 0.15) is 18.9 Å². The molecule has 1 aromatic rings. The van der Waals surface area contributed by atoms with Gasteiger partial charge in [-0.1, -0.05) is 30.3 Å². The first kappa shape index (κ1) is 11.1. The van der Waals surface area contributed by atoms with Crippen molar-refractivity contribution in [3.05, 3.63) is 35.9 Å². The lowest BCUT2D eigenvalue weighted by Crippen LogP contribution is -2.46. The summed E-state index contributed by atoms with van der Waals surface area (Å²) in [5, 5.41) is 10.2. The van der Waals surface area contributed by atoms with Crippen LogP contribution in [0.4, 0.5) is 0 Å². The van der Waals surface area contributed by atoms with Crippen LogP contribution in [0.2, 0.25) is 0 Å². The number of esters is 1. The summed E-state index contributed by atoms with van der Waals surface area (Å²) in [6, 6.07) is 9.70. The van der Waals surface area contributed by atoms with Crippen molar-refractivity contribution >= 4 is 5.97 Å². The fourth-order valence-corrected chi connectivity index (χ4v) is 2.04. The summed E-state index contributed by atoms with van der Waals surface area (Å²) >= 11 is 0. The van der Waals surface area contributed by atoms with Gasteiger partial charge in [-0.3, -0.25) is 4.79 Å². The van der Waals surface area contributed by atoms with Gasteiger partial charge in [0.15, 0.2) is 0 Å². The minimum Gasteiger partial charge on any atom is -0.465 e. The molecule has 3 heteroatoms. The van der Waals surface area contributed by atoms with E-state index in [-0.39, 0.29) is 5.97 Å². The van der Waals surface area contributed by atoms with Gasteiger partial charge in [-0.2, -0.15) is 0 Å². The van der Waals surface area contributed by atoms with E-state index in [4.69, 9.17) is 4.74 Å². The van der Waals surface area contributed by atoms with Crippen molar-refractivity contribution in [1.29, 1.82) is 0 Å². The summed E-state index contributed by atoms with van der Waals surface area (Å²) in [7, 11) is 0. The van der Waals surface area contributed by atoms with Crippen LogP contribution >= 0.6 is 0 Å². The second-order valence-corrected chi connectivity index (χ2v) is 4.52. The van der Waals surface area contributed by atoms with Crippen LogP contribution in [0.5, 0.6) is 0 Å². The molecule has 0 aliphatic carbocycles. The molecule has 0 radical (unpaired) electrons. The lowest BCUT2D eigenvalue weighted by molar-refractivity contribution is -0.170. The van der Waals surface area contributed by atoms with Crippen LogP contribution in [0.15, 0.2) is 30.3 Å². The number of ether oxygens (including phenoxy) is 1. The van der Waals surface area contributed by atoms with E-state index in [1.807, 2.05) is 30.3 Å². The number of cyclic esters (lactones) is 1. The first-order valence-corrected chi connectivity index (χ1v) is 5.52. The van der Waals surface area contributed by atoms with Gasteiger partial charge in [0.1, 0.15) is 0 Å². The molecule has 1 aromatic carbocycles. The largest absolute Gasteiger partial charge is 0.465 e. The van der Waals surface area contributed by atoms with E-state index in [1.54, 1.807) is 6.92 Å². The van der Waals surface area contributed by atoms with Gasteiger partial charge in [-0.15, -0.1) is 0 Å². The summed E-state index contributed by atoms with van der Waals surface area (Å²) < 4.78 is 5.00. The molecule has 2 atom stereocenters. The van der Waals surface area contributed by atoms with E-state index in [2.05, 4.69) is 0 Å². The van der Waals surface area contributed by atoms with Crippen molar-refractivity contribution in [1.82, 2.24) is 0 Å². The average Bonchev–Trinajstić information content (AvgIpc) is 2.25.